The summed E-state index contributed by atoms with van der Waals surface area (Å²) in [6, 6.07) is 5.30. The molecule has 0 heterocycles. The maximum atomic E-state index is 9.71. The highest BCUT2D eigenvalue weighted by Gasteiger charge is 2.05. The summed E-state index contributed by atoms with van der Waals surface area (Å²) in [5, 5.41) is 19.0. The summed E-state index contributed by atoms with van der Waals surface area (Å²) in [6.07, 6.45) is 10.2. The molecule has 0 aliphatic heterocycles. The highest BCUT2D eigenvalue weighted by atomic mass is 35.5. The largest absolute Gasteiger partial charge is 0.508 e. The number of hydrogen-bond donors (Lipinski definition) is 2. The van der Waals surface area contributed by atoms with Gasteiger partial charge < -0.3 is 10.2 Å². The molecule has 0 saturated carbocycles. The number of aliphatic hydroxyl groups excluding tert-OH is 1. The Labute approximate surface area is 121 Å². The fraction of sp³-hybridized carbons (Fsp3) is 0.625. The lowest BCUT2D eigenvalue weighted by Gasteiger charge is -2.06. The molecule has 0 atom stereocenters. The van der Waals surface area contributed by atoms with Crippen molar-refractivity contribution < 1.29 is 10.2 Å². The van der Waals surface area contributed by atoms with Crippen LogP contribution in [-0.2, 0) is 6.42 Å². The van der Waals surface area contributed by atoms with Crippen LogP contribution in [0.2, 0.25) is 5.02 Å². The van der Waals surface area contributed by atoms with Gasteiger partial charge in [-0.2, -0.15) is 0 Å². The first-order valence-corrected chi connectivity index (χ1v) is 7.70. The van der Waals surface area contributed by atoms with Crippen molar-refractivity contribution in [3.8, 4) is 5.75 Å². The van der Waals surface area contributed by atoms with Crippen molar-refractivity contribution in [3.05, 3.63) is 28.8 Å². The minimum atomic E-state index is 0.316. The van der Waals surface area contributed by atoms with Gasteiger partial charge in [-0.25, -0.2) is 0 Å². The summed E-state index contributed by atoms with van der Waals surface area (Å²) < 4.78 is 0. The third-order valence-corrected chi connectivity index (χ3v) is 3.78. The minimum Gasteiger partial charge on any atom is -0.508 e. The molecule has 2 N–H and O–H groups in total. The second-order valence-electron chi connectivity index (χ2n) is 5.04. The Morgan fingerprint density at radius 3 is 2.00 bits per heavy atom. The SMILES string of the molecule is OCCCCCCCCCCc1c(O)cccc1Cl. The molecule has 0 unspecified atom stereocenters. The average Bonchev–Trinajstić information content (AvgIpc) is 2.40. The molecule has 0 aliphatic rings. The highest BCUT2D eigenvalue weighted by Crippen LogP contribution is 2.27. The Morgan fingerprint density at radius 1 is 0.842 bits per heavy atom. The number of halogens is 1. The first-order chi connectivity index (χ1) is 9.25. The lowest BCUT2D eigenvalue weighted by atomic mass is 10.0. The van der Waals surface area contributed by atoms with Crippen LogP contribution in [0.5, 0.6) is 5.75 Å². The molecule has 2 nitrogen and oxygen atoms in total. The predicted molar refractivity (Wildman–Crippen MR) is 80.8 cm³/mol. The quantitative estimate of drug-likeness (QED) is 0.611. The molecule has 0 bridgehead atoms. The number of phenolic OH excluding ortho intramolecular Hbond substituents is 1. The van der Waals surface area contributed by atoms with E-state index in [9.17, 15) is 5.11 Å². The summed E-state index contributed by atoms with van der Waals surface area (Å²) in [6.45, 7) is 0.321. The first-order valence-electron chi connectivity index (χ1n) is 7.33. The second kappa shape index (κ2) is 10.1. The van der Waals surface area contributed by atoms with E-state index in [-0.39, 0.29) is 0 Å². The average molecular weight is 285 g/mol. The topological polar surface area (TPSA) is 40.5 Å². The van der Waals surface area contributed by atoms with Crippen LogP contribution in [0.15, 0.2) is 18.2 Å². The Bertz CT molecular complexity index is 332. The van der Waals surface area contributed by atoms with Gasteiger partial charge in [0.2, 0.25) is 0 Å². The molecular formula is C16H25ClO2. The van der Waals surface area contributed by atoms with Gasteiger partial charge in [0, 0.05) is 17.2 Å². The molecule has 19 heavy (non-hydrogen) atoms. The van der Waals surface area contributed by atoms with Crippen LogP contribution >= 0.6 is 11.6 Å². The molecule has 108 valence electrons. The number of hydrogen-bond acceptors (Lipinski definition) is 2. The summed E-state index contributed by atoms with van der Waals surface area (Å²) in [5.41, 5.74) is 0.882. The van der Waals surface area contributed by atoms with Gasteiger partial charge >= 0.3 is 0 Å². The van der Waals surface area contributed by atoms with Gasteiger partial charge in [-0.1, -0.05) is 56.2 Å². The lowest BCUT2D eigenvalue weighted by Crippen LogP contribution is -1.89. The summed E-state index contributed by atoms with van der Waals surface area (Å²) in [7, 11) is 0. The van der Waals surface area contributed by atoms with E-state index in [4.69, 9.17) is 16.7 Å². The van der Waals surface area contributed by atoms with Crippen LogP contribution in [0.3, 0.4) is 0 Å². The van der Waals surface area contributed by atoms with Gasteiger partial charge in [-0.3, -0.25) is 0 Å². The Balaban J connectivity index is 2.05. The lowest BCUT2D eigenvalue weighted by molar-refractivity contribution is 0.282. The number of unbranched alkanes of at least 4 members (excludes halogenated alkanes) is 7. The number of phenols is 1. The zero-order valence-corrected chi connectivity index (χ0v) is 12.3. The van der Waals surface area contributed by atoms with Crippen LogP contribution in [0.1, 0.15) is 56.9 Å². The fourth-order valence-corrected chi connectivity index (χ4v) is 2.53. The van der Waals surface area contributed by atoms with E-state index >= 15 is 0 Å². The molecule has 1 aromatic carbocycles. The van der Waals surface area contributed by atoms with Crippen molar-refractivity contribution in [3.63, 3.8) is 0 Å². The predicted octanol–water partition coefficient (Wildman–Crippen LogP) is 4.70. The number of benzene rings is 1. The summed E-state index contributed by atoms with van der Waals surface area (Å²) in [5.74, 6) is 0.316. The van der Waals surface area contributed by atoms with E-state index in [0.717, 1.165) is 31.2 Å². The third-order valence-electron chi connectivity index (χ3n) is 3.43. The zero-order chi connectivity index (χ0) is 13.9. The molecule has 0 aliphatic carbocycles. The second-order valence-corrected chi connectivity index (χ2v) is 5.45. The molecule has 3 heteroatoms. The molecular weight excluding hydrogens is 260 g/mol. The molecule has 0 aromatic heterocycles. The van der Waals surface area contributed by atoms with Crippen LogP contribution in [0.25, 0.3) is 0 Å². The van der Waals surface area contributed by atoms with Crippen molar-refractivity contribution in [1.82, 2.24) is 0 Å². The minimum absolute atomic E-state index is 0.316. The zero-order valence-electron chi connectivity index (χ0n) is 11.6. The van der Waals surface area contributed by atoms with Crippen molar-refractivity contribution >= 4 is 11.6 Å². The van der Waals surface area contributed by atoms with Crippen molar-refractivity contribution in [1.29, 1.82) is 0 Å². The monoisotopic (exact) mass is 284 g/mol. The number of aliphatic hydroxyl groups is 1. The third kappa shape index (κ3) is 6.84. The molecule has 0 radical (unpaired) electrons. The van der Waals surface area contributed by atoms with Crippen LogP contribution in [0, 0.1) is 0 Å². The van der Waals surface area contributed by atoms with Crippen molar-refractivity contribution in [2.24, 2.45) is 0 Å². The van der Waals surface area contributed by atoms with E-state index in [0.29, 0.717) is 17.4 Å². The molecule has 0 amide bonds. The van der Waals surface area contributed by atoms with Gasteiger partial charge in [-0.15, -0.1) is 0 Å². The maximum Gasteiger partial charge on any atom is 0.120 e. The highest BCUT2D eigenvalue weighted by molar-refractivity contribution is 6.31. The van der Waals surface area contributed by atoms with Gasteiger partial charge in [-0.05, 0) is 31.4 Å². The fourth-order valence-electron chi connectivity index (χ4n) is 2.27. The van der Waals surface area contributed by atoms with E-state index in [1.54, 1.807) is 12.1 Å². The molecule has 0 spiro atoms. The van der Waals surface area contributed by atoms with Crippen LogP contribution in [-0.4, -0.2) is 16.8 Å². The molecule has 0 saturated heterocycles. The standard InChI is InChI=1S/C16H25ClO2/c17-15-11-9-12-16(19)14(15)10-7-5-3-1-2-4-6-8-13-18/h9,11-12,18-19H,1-8,10,13H2. The van der Waals surface area contributed by atoms with Gasteiger partial charge in [0.1, 0.15) is 5.75 Å². The summed E-state index contributed by atoms with van der Waals surface area (Å²) >= 11 is 6.06. The van der Waals surface area contributed by atoms with Gasteiger partial charge in [0.25, 0.3) is 0 Å². The molecule has 1 rings (SSSR count). The Morgan fingerprint density at radius 2 is 1.42 bits per heavy atom. The molecule has 0 fully saturated rings. The Hall–Kier alpha value is -0.730. The normalized spacial score (nSPS) is 10.8. The van der Waals surface area contributed by atoms with Gasteiger partial charge in [0.15, 0.2) is 0 Å². The van der Waals surface area contributed by atoms with Crippen LogP contribution < -0.4 is 0 Å². The molecule has 1 aromatic rings. The van der Waals surface area contributed by atoms with Crippen molar-refractivity contribution in [2.75, 3.05) is 6.61 Å². The van der Waals surface area contributed by atoms with Crippen molar-refractivity contribution in [2.45, 2.75) is 57.8 Å². The Kier molecular flexibility index (Phi) is 8.68. The number of rotatable bonds is 10. The van der Waals surface area contributed by atoms with E-state index in [1.165, 1.54) is 32.1 Å². The van der Waals surface area contributed by atoms with E-state index in [1.807, 2.05) is 6.07 Å². The first kappa shape index (κ1) is 16.3. The van der Waals surface area contributed by atoms with Gasteiger partial charge in [0.05, 0.1) is 0 Å². The summed E-state index contributed by atoms with van der Waals surface area (Å²) in [4.78, 5) is 0. The number of aromatic hydroxyl groups is 1. The smallest absolute Gasteiger partial charge is 0.120 e. The maximum absolute atomic E-state index is 9.71. The van der Waals surface area contributed by atoms with E-state index < -0.39 is 0 Å². The van der Waals surface area contributed by atoms with Crippen LogP contribution in [0.4, 0.5) is 0 Å². The van der Waals surface area contributed by atoms with E-state index in [2.05, 4.69) is 0 Å².